The van der Waals surface area contributed by atoms with E-state index in [4.69, 9.17) is 0 Å². The van der Waals surface area contributed by atoms with Gasteiger partial charge in [0.05, 0.1) is 12.3 Å². The molecule has 0 aromatic heterocycles. The van der Waals surface area contributed by atoms with Crippen molar-refractivity contribution in [1.29, 1.82) is 0 Å². The number of rotatable bonds is 4. The Hall–Kier alpha value is -1.84. The molecule has 1 aliphatic rings. The van der Waals surface area contributed by atoms with E-state index < -0.39 is 11.9 Å². The van der Waals surface area contributed by atoms with Gasteiger partial charge in [0.25, 0.3) is 0 Å². The molecular weight excluding hydrogens is 278 g/mol. The molecule has 2 atom stereocenters. The Bertz CT molecular complexity index is 553. The highest BCUT2D eigenvalue weighted by atomic mass is 16.4. The van der Waals surface area contributed by atoms with E-state index in [0.29, 0.717) is 12.8 Å². The Morgan fingerprint density at radius 3 is 2.64 bits per heavy atom. The van der Waals surface area contributed by atoms with Crippen molar-refractivity contribution < 1.29 is 14.7 Å². The van der Waals surface area contributed by atoms with E-state index in [9.17, 15) is 14.7 Å². The van der Waals surface area contributed by atoms with Crippen LogP contribution >= 0.6 is 0 Å². The molecule has 0 aliphatic heterocycles. The molecule has 1 saturated carbocycles. The van der Waals surface area contributed by atoms with Crippen LogP contribution in [0, 0.1) is 19.8 Å². The number of carboxylic acids is 1. The van der Waals surface area contributed by atoms with Crippen molar-refractivity contribution in [2.75, 3.05) is 0 Å². The molecule has 22 heavy (non-hydrogen) atoms. The predicted molar refractivity (Wildman–Crippen MR) is 85.8 cm³/mol. The SMILES string of the molecule is Cc1ccc(C)c(CC(=O)N[C@H]2CCCCC[C@H]2C(=O)O)c1. The van der Waals surface area contributed by atoms with E-state index in [1.165, 1.54) is 0 Å². The second-order valence-electron chi connectivity index (χ2n) is 6.36. The first-order valence-corrected chi connectivity index (χ1v) is 8.05. The molecule has 4 nitrogen and oxygen atoms in total. The maximum atomic E-state index is 12.3. The Balaban J connectivity index is 2.03. The number of nitrogens with one attached hydrogen (secondary N) is 1. The number of benzene rings is 1. The molecule has 0 heterocycles. The summed E-state index contributed by atoms with van der Waals surface area (Å²) in [6.45, 7) is 4.00. The third-order valence-corrected chi connectivity index (χ3v) is 4.54. The van der Waals surface area contributed by atoms with Gasteiger partial charge in [-0.25, -0.2) is 0 Å². The van der Waals surface area contributed by atoms with Gasteiger partial charge in [-0.3, -0.25) is 9.59 Å². The molecule has 0 saturated heterocycles. The number of amides is 1. The van der Waals surface area contributed by atoms with E-state index in [-0.39, 0.29) is 11.9 Å². The van der Waals surface area contributed by atoms with Crippen LogP contribution in [0.2, 0.25) is 0 Å². The number of carbonyl (C=O) groups excluding carboxylic acids is 1. The fourth-order valence-electron chi connectivity index (χ4n) is 3.20. The Morgan fingerprint density at radius 2 is 1.91 bits per heavy atom. The van der Waals surface area contributed by atoms with Gasteiger partial charge >= 0.3 is 5.97 Å². The molecule has 4 heteroatoms. The molecule has 0 radical (unpaired) electrons. The lowest BCUT2D eigenvalue weighted by molar-refractivity contribution is -0.143. The van der Waals surface area contributed by atoms with Crippen LogP contribution in [0.5, 0.6) is 0 Å². The van der Waals surface area contributed by atoms with Crippen LogP contribution in [0.3, 0.4) is 0 Å². The van der Waals surface area contributed by atoms with Crippen LogP contribution in [-0.4, -0.2) is 23.0 Å². The number of aryl methyl sites for hydroxylation is 2. The summed E-state index contributed by atoms with van der Waals surface area (Å²) in [5.74, 6) is -1.32. The second-order valence-corrected chi connectivity index (χ2v) is 6.36. The van der Waals surface area contributed by atoms with Crippen molar-refractivity contribution in [1.82, 2.24) is 5.32 Å². The first kappa shape index (κ1) is 16.5. The molecule has 2 rings (SSSR count). The van der Waals surface area contributed by atoms with Gasteiger partial charge in [-0.15, -0.1) is 0 Å². The molecule has 1 aliphatic carbocycles. The normalized spacial score (nSPS) is 21.9. The zero-order chi connectivity index (χ0) is 16.1. The van der Waals surface area contributed by atoms with Crippen molar-refractivity contribution in [2.24, 2.45) is 5.92 Å². The van der Waals surface area contributed by atoms with Crippen molar-refractivity contribution in [3.63, 3.8) is 0 Å². The van der Waals surface area contributed by atoms with Crippen molar-refractivity contribution >= 4 is 11.9 Å². The first-order chi connectivity index (χ1) is 10.5. The molecule has 2 N–H and O–H groups in total. The standard InChI is InChI=1S/C18H25NO3/c1-12-8-9-13(2)14(10-12)11-17(20)19-16-7-5-3-4-6-15(16)18(21)22/h8-10,15-16H,3-7,11H2,1-2H3,(H,19,20)(H,21,22)/t15-,16+/m1/s1. The van der Waals surface area contributed by atoms with Crippen LogP contribution in [0.25, 0.3) is 0 Å². The van der Waals surface area contributed by atoms with Crippen LogP contribution in [0.4, 0.5) is 0 Å². The molecule has 1 fully saturated rings. The summed E-state index contributed by atoms with van der Waals surface area (Å²) in [6, 6.07) is 5.83. The van der Waals surface area contributed by atoms with Crippen LogP contribution in [-0.2, 0) is 16.0 Å². The quantitative estimate of drug-likeness (QED) is 0.840. The largest absolute Gasteiger partial charge is 0.481 e. The van der Waals surface area contributed by atoms with E-state index in [1.54, 1.807) is 0 Å². The van der Waals surface area contributed by atoms with Gasteiger partial charge < -0.3 is 10.4 Å². The first-order valence-electron chi connectivity index (χ1n) is 8.05. The van der Waals surface area contributed by atoms with Gasteiger partial charge in [0.2, 0.25) is 5.91 Å². The minimum atomic E-state index is -0.793. The zero-order valence-corrected chi connectivity index (χ0v) is 13.4. The maximum Gasteiger partial charge on any atom is 0.308 e. The number of carboxylic acid groups (broad SMARTS) is 1. The van der Waals surface area contributed by atoms with Crippen molar-refractivity contribution in [3.8, 4) is 0 Å². The average molecular weight is 303 g/mol. The molecule has 0 unspecified atom stereocenters. The smallest absolute Gasteiger partial charge is 0.308 e. The summed E-state index contributed by atoms with van der Waals surface area (Å²) in [7, 11) is 0. The van der Waals surface area contributed by atoms with E-state index in [2.05, 4.69) is 5.32 Å². The van der Waals surface area contributed by atoms with E-state index in [1.807, 2.05) is 32.0 Å². The monoisotopic (exact) mass is 303 g/mol. The number of aliphatic carboxylic acids is 1. The number of hydrogen-bond donors (Lipinski definition) is 2. The number of hydrogen-bond acceptors (Lipinski definition) is 2. The second kappa shape index (κ2) is 7.43. The lowest BCUT2D eigenvalue weighted by Crippen LogP contribution is -2.43. The molecular formula is C18H25NO3. The van der Waals surface area contributed by atoms with Gasteiger partial charge in [0.1, 0.15) is 0 Å². The van der Waals surface area contributed by atoms with Gasteiger partial charge in [0, 0.05) is 6.04 Å². The Morgan fingerprint density at radius 1 is 1.18 bits per heavy atom. The van der Waals surface area contributed by atoms with Gasteiger partial charge in [-0.05, 0) is 37.8 Å². The highest BCUT2D eigenvalue weighted by molar-refractivity contribution is 5.80. The topological polar surface area (TPSA) is 66.4 Å². The fourth-order valence-corrected chi connectivity index (χ4v) is 3.20. The lowest BCUT2D eigenvalue weighted by Gasteiger charge is -2.23. The summed E-state index contributed by atoms with van der Waals surface area (Å²) in [4.78, 5) is 23.7. The molecule has 0 spiro atoms. The Labute approximate surface area is 131 Å². The molecule has 1 amide bonds. The molecule has 120 valence electrons. The van der Waals surface area contributed by atoms with Gasteiger partial charge in [-0.2, -0.15) is 0 Å². The third-order valence-electron chi connectivity index (χ3n) is 4.54. The zero-order valence-electron chi connectivity index (χ0n) is 13.4. The number of carbonyl (C=O) groups is 2. The van der Waals surface area contributed by atoms with Crippen molar-refractivity contribution in [3.05, 3.63) is 34.9 Å². The highest BCUT2D eigenvalue weighted by Gasteiger charge is 2.30. The summed E-state index contributed by atoms with van der Waals surface area (Å²) >= 11 is 0. The summed E-state index contributed by atoms with van der Waals surface area (Å²) in [5.41, 5.74) is 3.24. The van der Waals surface area contributed by atoms with E-state index >= 15 is 0 Å². The maximum absolute atomic E-state index is 12.3. The third kappa shape index (κ3) is 4.33. The molecule has 1 aromatic rings. The van der Waals surface area contributed by atoms with Gasteiger partial charge in [-0.1, -0.05) is 43.0 Å². The highest BCUT2D eigenvalue weighted by Crippen LogP contribution is 2.24. The van der Waals surface area contributed by atoms with Crippen LogP contribution in [0.1, 0.15) is 48.8 Å². The lowest BCUT2D eigenvalue weighted by atomic mass is 9.94. The van der Waals surface area contributed by atoms with Crippen LogP contribution in [0.15, 0.2) is 18.2 Å². The summed E-state index contributed by atoms with van der Waals surface area (Å²) in [6.07, 6.45) is 4.70. The van der Waals surface area contributed by atoms with E-state index in [0.717, 1.165) is 42.4 Å². The van der Waals surface area contributed by atoms with Gasteiger partial charge in [0.15, 0.2) is 0 Å². The fraction of sp³-hybridized carbons (Fsp3) is 0.556. The van der Waals surface area contributed by atoms with Crippen molar-refractivity contribution in [2.45, 2.75) is 58.4 Å². The molecule has 0 bridgehead atoms. The minimum Gasteiger partial charge on any atom is -0.481 e. The summed E-state index contributed by atoms with van der Waals surface area (Å²) < 4.78 is 0. The minimum absolute atomic E-state index is 0.0770. The summed E-state index contributed by atoms with van der Waals surface area (Å²) in [5, 5.41) is 12.3. The predicted octanol–water partition coefficient (Wildman–Crippen LogP) is 3.00. The Kier molecular flexibility index (Phi) is 5.58. The molecule has 1 aromatic carbocycles. The van der Waals surface area contributed by atoms with Crippen LogP contribution < -0.4 is 5.32 Å². The average Bonchev–Trinajstić information content (AvgIpc) is 2.68.